The minimum Gasteiger partial charge on any atom is -0.322 e. The Morgan fingerprint density at radius 3 is 2.71 bits per heavy atom. The van der Waals surface area contributed by atoms with Crippen LogP contribution < -0.4 is 5.32 Å². The molecule has 0 saturated heterocycles. The van der Waals surface area contributed by atoms with E-state index in [9.17, 15) is 4.79 Å². The summed E-state index contributed by atoms with van der Waals surface area (Å²) in [6.45, 7) is 10.4. The monoisotopic (exact) mass is 305 g/mol. The van der Waals surface area contributed by atoms with Crippen LogP contribution in [0, 0.1) is 5.92 Å². The molecular weight excluding hydrogens is 278 g/mol. The molecule has 1 rings (SSSR count). The number of rotatable bonds is 9. The van der Waals surface area contributed by atoms with Crippen LogP contribution in [0.4, 0.5) is 0 Å². The first-order valence-corrected chi connectivity index (χ1v) is 8.36. The van der Waals surface area contributed by atoms with Gasteiger partial charge in [-0.1, -0.05) is 77.4 Å². The van der Waals surface area contributed by atoms with Crippen LogP contribution in [0.5, 0.6) is 0 Å². The molecule has 0 fully saturated rings. The average molecular weight is 305 g/mol. The van der Waals surface area contributed by atoms with Crippen LogP contribution in [0.15, 0.2) is 35.6 Å². The molecule has 0 saturated carbocycles. The number of unbranched alkanes of at least 4 members (excludes halogenated alkanes) is 2. The minimum absolute atomic E-state index is 0.109. The highest BCUT2D eigenvalue weighted by Gasteiger charge is 2.26. The van der Waals surface area contributed by atoms with Gasteiger partial charge in [-0.2, -0.15) is 0 Å². The van der Waals surface area contributed by atoms with E-state index < -0.39 is 0 Å². The molecule has 0 spiro atoms. The molecule has 0 aromatic heterocycles. The van der Waals surface area contributed by atoms with Gasteiger partial charge >= 0.3 is 0 Å². The third-order valence-corrected chi connectivity index (χ3v) is 4.30. The average Bonchev–Trinajstić information content (AvgIpc) is 2.73. The molecule has 1 aliphatic heterocycles. The Kier molecular flexibility index (Phi) is 7.58. The first-order valence-electron chi connectivity index (χ1n) is 7.95. The fourth-order valence-corrected chi connectivity index (χ4v) is 2.66. The van der Waals surface area contributed by atoms with E-state index in [0.717, 1.165) is 12.0 Å². The van der Waals surface area contributed by atoms with E-state index in [1.165, 1.54) is 25.7 Å². The number of hydrogen-bond acceptors (Lipinski definition) is 2. The summed E-state index contributed by atoms with van der Waals surface area (Å²) in [5, 5.41) is 2.77. The van der Waals surface area contributed by atoms with Crippen molar-refractivity contribution in [2.75, 3.05) is 0 Å². The molecule has 3 heteroatoms. The molecule has 0 bridgehead atoms. The Hall–Kier alpha value is -1.22. The van der Waals surface area contributed by atoms with Crippen LogP contribution in [0.3, 0.4) is 0 Å². The fourth-order valence-electron chi connectivity index (χ4n) is 2.46. The number of carbonyl (C=O) groups is 1. The zero-order valence-corrected chi connectivity index (χ0v) is 14.3. The molecule has 0 aromatic carbocycles. The van der Waals surface area contributed by atoms with Crippen molar-refractivity contribution in [2.45, 2.75) is 59.3 Å². The van der Waals surface area contributed by atoms with Gasteiger partial charge in [-0.05, 0) is 18.8 Å². The summed E-state index contributed by atoms with van der Waals surface area (Å²) in [7, 11) is 0. The summed E-state index contributed by atoms with van der Waals surface area (Å²) >= 11 is 5.30. The van der Waals surface area contributed by atoms with Gasteiger partial charge in [0.05, 0.1) is 5.57 Å². The molecule has 1 unspecified atom stereocenters. The van der Waals surface area contributed by atoms with Crippen LogP contribution in [0.2, 0.25) is 0 Å². The molecule has 1 N–H and O–H groups in total. The second kappa shape index (κ2) is 8.93. The van der Waals surface area contributed by atoms with Crippen molar-refractivity contribution >= 4 is 23.0 Å². The number of carbonyl (C=O) groups excluding carboxylic acids is 1. The molecule has 21 heavy (non-hydrogen) atoms. The maximum absolute atomic E-state index is 11.9. The molecule has 1 aliphatic rings. The summed E-state index contributed by atoms with van der Waals surface area (Å²) in [5.41, 5.74) is 2.17. The van der Waals surface area contributed by atoms with Crippen molar-refractivity contribution in [2.24, 2.45) is 5.92 Å². The van der Waals surface area contributed by atoms with Gasteiger partial charge in [-0.3, -0.25) is 4.79 Å². The normalized spacial score (nSPS) is 16.7. The molecule has 1 amide bonds. The Balaban J connectivity index is 2.67. The largest absolute Gasteiger partial charge is 0.322 e. The first-order chi connectivity index (χ1) is 10.0. The van der Waals surface area contributed by atoms with Gasteiger partial charge in [-0.25, -0.2) is 0 Å². The van der Waals surface area contributed by atoms with Crippen LogP contribution in [0.1, 0.15) is 59.3 Å². The highest BCUT2D eigenvalue weighted by atomic mass is 32.1. The quantitative estimate of drug-likeness (QED) is 0.486. The van der Waals surface area contributed by atoms with Crippen molar-refractivity contribution in [3.8, 4) is 0 Å². The summed E-state index contributed by atoms with van der Waals surface area (Å²) in [6, 6.07) is 0. The van der Waals surface area contributed by atoms with Gasteiger partial charge in [0.1, 0.15) is 0 Å². The highest BCUT2D eigenvalue weighted by Crippen LogP contribution is 2.24. The third-order valence-electron chi connectivity index (χ3n) is 3.81. The lowest BCUT2D eigenvalue weighted by Gasteiger charge is -2.07. The molecule has 1 heterocycles. The van der Waals surface area contributed by atoms with E-state index in [-0.39, 0.29) is 5.91 Å². The Labute approximate surface area is 134 Å². The number of thiocarbonyl (C=S) groups is 1. The van der Waals surface area contributed by atoms with E-state index in [2.05, 4.69) is 31.8 Å². The first kappa shape index (κ1) is 17.8. The lowest BCUT2D eigenvalue weighted by Crippen LogP contribution is -2.18. The molecule has 0 radical (unpaired) electrons. The Morgan fingerprint density at radius 2 is 2.10 bits per heavy atom. The van der Waals surface area contributed by atoms with Crippen molar-refractivity contribution in [3.05, 3.63) is 35.6 Å². The fraction of sp³-hybridized carbons (Fsp3) is 0.556. The molecule has 1 atom stereocenters. The molecule has 0 aliphatic carbocycles. The highest BCUT2D eigenvalue weighted by molar-refractivity contribution is 7.81. The minimum atomic E-state index is -0.109. The summed E-state index contributed by atoms with van der Waals surface area (Å²) in [6.07, 6.45) is 11.0. The third kappa shape index (κ3) is 5.24. The molecule has 116 valence electrons. The van der Waals surface area contributed by atoms with Gasteiger partial charge in [0, 0.05) is 16.1 Å². The van der Waals surface area contributed by atoms with Gasteiger partial charge in [0.15, 0.2) is 0 Å². The van der Waals surface area contributed by atoms with Crippen molar-refractivity contribution in [3.63, 3.8) is 0 Å². The lowest BCUT2D eigenvalue weighted by molar-refractivity contribution is -0.115. The SMILES string of the molecule is C=C1NC(=O)C(C(=S)CC)=C1/C=C/CC(C)CCCCC. The van der Waals surface area contributed by atoms with Gasteiger partial charge < -0.3 is 5.32 Å². The zero-order chi connectivity index (χ0) is 15.8. The predicted molar refractivity (Wildman–Crippen MR) is 94.3 cm³/mol. The second-order valence-corrected chi connectivity index (χ2v) is 6.23. The number of hydrogen-bond donors (Lipinski definition) is 1. The maximum Gasteiger partial charge on any atom is 0.257 e. The standard InChI is InChI=1S/C18H27NOS/c1-5-7-8-10-13(3)11-9-12-15-14(4)19-18(20)17(15)16(21)6-2/h9,12-13H,4-8,10-11H2,1-3H3,(H,19,20)/b12-9+. The van der Waals surface area contributed by atoms with Crippen LogP contribution in [0.25, 0.3) is 0 Å². The van der Waals surface area contributed by atoms with Crippen molar-refractivity contribution in [1.29, 1.82) is 0 Å². The Bertz CT molecular complexity index is 474. The smallest absolute Gasteiger partial charge is 0.257 e. The van der Waals surface area contributed by atoms with Gasteiger partial charge in [-0.15, -0.1) is 0 Å². The van der Waals surface area contributed by atoms with E-state index >= 15 is 0 Å². The maximum atomic E-state index is 11.9. The number of nitrogens with one attached hydrogen (secondary N) is 1. The predicted octanol–water partition coefficient (Wildman–Crippen LogP) is 4.87. The van der Waals surface area contributed by atoms with Crippen molar-refractivity contribution in [1.82, 2.24) is 5.32 Å². The summed E-state index contributed by atoms with van der Waals surface area (Å²) < 4.78 is 0. The number of allylic oxidation sites excluding steroid dienone is 2. The van der Waals surface area contributed by atoms with Crippen molar-refractivity contribution < 1.29 is 4.79 Å². The van der Waals surface area contributed by atoms with E-state index in [4.69, 9.17) is 12.2 Å². The van der Waals surface area contributed by atoms with Crippen LogP contribution >= 0.6 is 12.2 Å². The van der Waals surface area contributed by atoms with E-state index in [0.29, 0.717) is 28.5 Å². The van der Waals surface area contributed by atoms with E-state index in [1.807, 2.05) is 13.0 Å². The second-order valence-electron chi connectivity index (χ2n) is 5.74. The van der Waals surface area contributed by atoms with E-state index in [1.54, 1.807) is 0 Å². The van der Waals surface area contributed by atoms with Gasteiger partial charge in [0.25, 0.3) is 5.91 Å². The molecular formula is C18H27NOS. The van der Waals surface area contributed by atoms with Crippen LogP contribution in [-0.4, -0.2) is 10.8 Å². The lowest BCUT2D eigenvalue weighted by atomic mass is 9.98. The number of amides is 1. The molecule has 0 aromatic rings. The molecule has 2 nitrogen and oxygen atoms in total. The summed E-state index contributed by atoms with van der Waals surface area (Å²) in [5.74, 6) is 0.566. The summed E-state index contributed by atoms with van der Waals surface area (Å²) in [4.78, 5) is 12.6. The van der Waals surface area contributed by atoms with Gasteiger partial charge in [0.2, 0.25) is 0 Å². The zero-order valence-electron chi connectivity index (χ0n) is 13.5. The van der Waals surface area contributed by atoms with Crippen LogP contribution in [-0.2, 0) is 4.79 Å². The Morgan fingerprint density at radius 1 is 1.38 bits per heavy atom. The topological polar surface area (TPSA) is 29.1 Å².